The normalized spacial score (nSPS) is 25.3. The van der Waals surface area contributed by atoms with E-state index in [-0.39, 0.29) is 12.0 Å². The molecule has 0 aliphatic carbocycles. The van der Waals surface area contributed by atoms with Gasteiger partial charge in [0.1, 0.15) is 5.75 Å². The van der Waals surface area contributed by atoms with E-state index < -0.39 is 0 Å². The van der Waals surface area contributed by atoms with Crippen LogP contribution in [0, 0.1) is 5.92 Å². The predicted molar refractivity (Wildman–Crippen MR) is 64.1 cm³/mol. The van der Waals surface area contributed by atoms with Crippen LogP contribution in [0.25, 0.3) is 0 Å². The van der Waals surface area contributed by atoms with Crippen molar-refractivity contribution in [3.8, 4) is 5.75 Å². The third-order valence-electron chi connectivity index (χ3n) is 3.32. The number of fused-ring (bicyclic) bond motifs is 1. The summed E-state index contributed by atoms with van der Waals surface area (Å²) in [6, 6.07) is 5.42. The first-order chi connectivity index (χ1) is 8.83. The van der Waals surface area contributed by atoms with Gasteiger partial charge in [-0.2, -0.15) is 0 Å². The van der Waals surface area contributed by atoms with Gasteiger partial charge in [-0.05, 0) is 18.2 Å². The number of ether oxygens (including phenoxy) is 2. The van der Waals surface area contributed by atoms with E-state index in [1.54, 1.807) is 19.2 Å². The average molecular weight is 247 g/mol. The zero-order chi connectivity index (χ0) is 12.5. The van der Waals surface area contributed by atoms with Crippen molar-refractivity contribution >= 4 is 12.0 Å². The Balaban J connectivity index is 1.95. The minimum Gasteiger partial charge on any atom is -0.496 e. The van der Waals surface area contributed by atoms with Crippen molar-refractivity contribution in [3.05, 3.63) is 29.3 Å². The second-order valence-electron chi connectivity index (χ2n) is 4.34. The minimum atomic E-state index is 0.0155. The molecule has 0 radical (unpaired) electrons. The number of benzene rings is 1. The molecular weight excluding hydrogens is 234 g/mol. The quantitative estimate of drug-likeness (QED) is 0.754. The molecular formula is C13H13NO4. The maximum Gasteiger partial charge on any atom is 0.161 e. The lowest BCUT2D eigenvalue weighted by Gasteiger charge is -2.09. The molecule has 0 saturated carbocycles. The lowest BCUT2D eigenvalue weighted by atomic mass is 9.94. The van der Waals surface area contributed by atoms with Gasteiger partial charge >= 0.3 is 0 Å². The van der Waals surface area contributed by atoms with Crippen molar-refractivity contribution in [3.63, 3.8) is 0 Å². The molecule has 2 unspecified atom stereocenters. The van der Waals surface area contributed by atoms with Gasteiger partial charge in [-0.25, -0.2) is 0 Å². The van der Waals surface area contributed by atoms with Crippen molar-refractivity contribution < 1.29 is 19.1 Å². The van der Waals surface area contributed by atoms with Crippen LogP contribution in [0.15, 0.2) is 23.4 Å². The number of oxime groups is 1. The minimum absolute atomic E-state index is 0.0155. The summed E-state index contributed by atoms with van der Waals surface area (Å²) < 4.78 is 10.5. The molecule has 1 aromatic carbocycles. The van der Waals surface area contributed by atoms with Gasteiger partial charge in [0, 0.05) is 5.56 Å². The summed E-state index contributed by atoms with van der Waals surface area (Å²) in [6.45, 7) is 1.19. The Labute approximate surface area is 104 Å². The van der Waals surface area contributed by atoms with E-state index >= 15 is 0 Å². The Morgan fingerprint density at radius 3 is 3.11 bits per heavy atom. The monoisotopic (exact) mass is 247 g/mol. The van der Waals surface area contributed by atoms with Crippen molar-refractivity contribution in [2.75, 3.05) is 20.3 Å². The van der Waals surface area contributed by atoms with Crippen molar-refractivity contribution in [2.45, 2.75) is 6.10 Å². The van der Waals surface area contributed by atoms with E-state index in [2.05, 4.69) is 5.16 Å². The van der Waals surface area contributed by atoms with Crippen LogP contribution in [0.1, 0.15) is 15.9 Å². The topological polar surface area (TPSA) is 57.1 Å². The van der Waals surface area contributed by atoms with E-state index in [1.807, 2.05) is 6.07 Å². The van der Waals surface area contributed by atoms with E-state index in [4.69, 9.17) is 14.3 Å². The van der Waals surface area contributed by atoms with Gasteiger partial charge in [-0.3, -0.25) is 4.79 Å². The number of hydrogen-bond donors (Lipinski definition) is 0. The standard InChI is InChI=1S/C13H13NO4/c1-16-11-3-2-8(4-9(11)5-15)13-10-6-17-7-12(10)18-14-13/h2-5,10,12H,6-7H2,1H3. The average Bonchev–Trinajstić information content (AvgIpc) is 3.00. The van der Waals surface area contributed by atoms with E-state index in [1.165, 1.54) is 0 Å². The lowest BCUT2D eigenvalue weighted by molar-refractivity contribution is 0.0558. The highest BCUT2D eigenvalue weighted by Crippen LogP contribution is 2.29. The van der Waals surface area contributed by atoms with Crippen LogP contribution < -0.4 is 4.74 Å². The molecule has 0 aromatic heterocycles. The Hall–Kier alpha value is -1.88. The molecule has 1 fully saturated rings. The third-order valence-corrected chi connectivity index (χ3v) is 3.32. The Morgan fingerprint density at radius 2 is 2.33 bits per heavy atom. The Bertz CT molecular complexity index is 512. The maximum absolute atomic E-state index is 11.0. The number of carbonyl (C=O) groups excluding carboxylic acids is 1. The zero-order valence-electron chi connectivity index (χ0n) is 9.96. The lowest BCUT2D eigenvalue weighted by Crippen LogP contribution is -2.21. The largest absolute Gasteiger partial charge is 0.496 e. The van der Waals surface area contributed by atoms with Gasteiger partial charge in [-0.1, -0.05) is 5.16 Å². The van der Waals surface area contributed by atoms with Crippen LogP contribution in [0.3, 0.4) is 0 Å². The first kappa shape index (κ1) is 11.2. The van der Waals surface area contributed by atoms with Crippen LogP contribution in [0.2, 0.25) is 0 Å². The number of rotatable bonds is 3. The highest BCUT2D eigenvalue weighted by atomic mass is 16.7. The fraction of sp³-hybridized carbons (Fsp3) is 0.385. The van der Waals surface area contributed by atoms with Crippen LogP contribution in [0.5, 0.6) is 5.75 Å². The second kappa shape index (κ2) is 4.42. The maximum atomic E-state index is 11.0. The van der Waals surface area contributed by atoms with Crippen molar-refractivity contribution in [2.24, 2.45) is 11.1 Å². The van der Waals surface area contributed by atoms with Crippen LogP contribution in [0.4, 0.5) is 0 Å². The number of hydrogen-bond acceptors (Lipinski definition) is 5. The summed E-state index contributed by atoms with van der Waals surface area (Å²) in [4.78, 5) is 16.3. The summed E-state index contributed by atoms with van der Waals surface area (Å²) >= 11 is 0. The molecule has 5 nitrogen and oxygen atoms in total. The molecule has 2 atom stereocenters. The van der Waals surface area contributed by atoms with E-state index in [9.17, 15) is 4.79 Å². The summed E-state index contributed by atoms with van der Waals surface area (Å²) in [5.74, 6) is 0.727. The zero-order valence-corrected chi connectivity index (χ0v) is 9.96. The number of methoxy groups -OCH3 is 1. The molecule has 1 aromatic rings. The fourth-order valence-electron chi connectivity index (χ4n) is 2.34. The van der Waals surface area contributed by atoms with Crippen molar-refractivity contribution in [1.29, 1.82) is 0 Å². The SMILES string of the molecule is COc1ccc(C2=NOC3COCC23)cc1C=O. The van der Waals surface area contributed by atoms with Gasteiger partial charge in [0.05, 0.1) is 37.5 Å². The van der Waals surface area contributed by atoms with Crippen LogP contribution in [-0.2, 0) is 9.57 Å². The molecule has 5 heteroatoms. The first-order valence-electron chi connectivity index (χ1n) is 5.78. The molecule has 1 saturated heterocycles. The number of aldehydes is 1. The van der Waals surface area contributed by atoms with Crippen LogP contribution >= 0.6 is 0 Å². The Kier molecular flexibility index (Phi) is 2.76. The van der Waals surface area contributed by atoms with Gasteiger partial charge < -0.3 is 14.3 Å². The highest BCUT2D eigenvalue weighted by Gasteiger charge is 2.39. The molecule has 0 bridgehead atoms. The molecule has 0 spiro atoms. The summed E-state index contributed by atoms with van der Waals surface area (Å²) in [5, 5.41) is 4.10. The number of nitrogens with zero attached hydrogens (tertiary/aromatic N) is 1. The summed E-state index contributed by atoms with van der Waals surface area (Å²) in [7, 11) is 1.54. The predicted octanol–water partition coefficient (Wildman–Crippen LogP) is 1.26. The molecule has 3 rings (SSSR count). The van der Waals surface area contributed by atoms with Crippen molar-refractivity contribution in [1.82, 2.24) is 0 Å². The first-order valence-corrected chi connectivity index (χ1v) is 5.78. The molecule has 94 valence electrons. The molecule has 0 N–H and O–H groups in total. The van der Waals surface area contributed by atoms with Gasteiger partial charge in [-0.15, -0.1) is 0 Å². The second-order valence-corrected chi connectivity index (χ2v) is 4.34. The van der Waals surface area contributed by atoms with Gasteiger partial charge in [0.15, 0.2) is 12.4 Å². The summed E-state index contributed by atoms with van der Waals surface area (Å²) in [5.41, 5.74) is 2.25. The summed E-state index contributed by atoms with van der Waals surface area (Å²) in [6.07, 6.45) is 0.795. The number of carbonyl (C=O) groups is 1. The Morgan fingerprint density at radius 1 is 1.44 bits per heavy atom. The highest BCUT2D eigenvalue weighted by molar-refractivity contribution is 6.04. The van der Waals surface area contributed by atoms with E-state index in [0.717, 1.165) is 17.6 Å². The van der Waals surface area contributed by atoms with Gasteiger partial charge in [0.2, 0.25) is 0 Å². The smallest absolute Gasteiger partial charge is 0.161 e. The molecule has 18 heavy (non-hydrogen) atoms. The van der Waals surface area contributed by atoms with E-state index in [0.29, 0.717) is 24.5 Å². The fourth-order valence-corrected chi connectivity index (χ4v) is 2.34. The third kappa shape index (κ3) is 1.67. The van der Waals surface area contributed by atoms with Gasteiger partial charge in [0.25, 0.3) is 0 Å². The molecule has 0 amide bonds. The molecule has 2 aliphatic rings. The molecule has 2 aliphatic heterocycles. The molecule has 2 heterocycles. The van der Waals surface area contributed by atoms with Crippen LogP contribution in [-0.4, -0.2) is 38.4 Å².